The number of aryl methyl sites for hydroxylation is 1. The zero-order valence-corrected chi connectivity index (χ0v) is 18.4. The first kappa shape index (κ1) is 23.1. The summed E-state index contributed by atoms with van der Waals surface area (Å²) in [4.78, 5) is 4.44. The van der Waals surface area contributed by atoms with Crippen LogP contribution in [-0.2, 0) is 16.4 Å². The molecule has 0 bridgehead atoms. The largest absolute Gasteiger partial charge is 0.357 e. The van der Waals surface area contributed by atoms with E-state index >= 15 is 0 Å². The number of rotatable bonds is 7. The number of nitrogens with zero attached hydrogens (tertiary/aromatic N) is 2. The summed E-state index contributed by atoms with van der Waals surface area (Å²) in [6.45, 7) is 6.69. The van der Waals surface area contributed by atoms with Crippen LogP contribution < -0.4 is 10.6 Å². The molecule has 0 spiro atoms. The molecule has 0 radical (unpaired) electrons. The van der Waals surface area contributed by atoms with Crippen molar-refractivity contribution in [2.75, 3.05) is 38.5 Å². The zero-order chi connectivity index (χ0) is 18.3. The van der Waals surface area contributed by atoms with Gasteiger partial charge in [0.05, 0.1) is 12.3 Å². The van der Waals surface area contributed by atoms with Gasteiger partial charge in [-0.1, -0.05) is 6.07 Å². The molecule has 148 valence electrons. The van der Waals surface area contributed by atoms with Crippen molar-refractivity contribution in [2.24, 2.45) is 4.99 Å². The molecule has 6 nitrogen and oxygen atoms in total. The maximum absolute atomic E-state index is 13.1. The number of aliphatic imine (C=N–C) groups is 1. The van der Waals surface area contributed by atoms with E-state index in [1.807, 2.05) is 13.8 Å². The smallest absolute Gasteiger partial charge is 0.214 e. The Kier molecular flexibility index (Phi) is 9.80. The highest BCUT2D eigenvalue weighted by molar-refractivity contribution is 14.0. The molecule has 9 heteroatoms. The zero-order valence-electron chi connectivity index (χ0n) is 15.3. The van der Waals surface area contributed by atoms with Crippen molar-refractivity contribution >= 4 is 40.0 Å². The summed E-state index contributed by atoms with van der Waals surface area (Å²) in [5, 5.41) is 6.38. The summed E-state index contributed by atoms with van der Waals surface area (Å²) in [5.41, 5.74) is 2.02. The van der Waals surface area contributed by atoms with E-state index < -0.39 is 10.0 Å². The fraction of sp³-hybridized carbons (Fsp3) is 0.588. The second-order valence-corrected chi connectivity index (χ2v) is 8.17. The monoisotopic (exact) mass is 498 g/mol. The predicted molar refractivity (Wildman–Crippen MR) is 114 cm³/mol. The Labute approximate surface area is 172 Å². The van der Waals surface area contributed by atoms with Gasteiger partial charge in [-0.05, 0) is 49.9 Å². The fourth-order valence-electron chi connectivity index (χ4n) is 2.81. The Morgan fingerprint density at radius 1 is 1.35 bits per heavy atom. The first-order valence-corrected chi connectivity index (χ1v) is 10.3. The molecule has 0 atom stereocenters. The predicted octanol–water partition coefficient (Wildman–Crippen LogP) is 1.89. The molecule has 2 rings (SSSR count). The summed E-state index contributed by atoms with van der Waals surface area (Å²) in [6, 6.07) is 4.80. The average Bonchev–Trinajstić information content (AvgIpc) is 2.88. The average molecular weight is 498 g/mol. The van der Waals surface area contributed by atoms with Crippen LogP contribution in [0.15, 0.2) is 23.2 Å². The number of benzene rings is 1. The third-order valence-corrected chi connectivity index (χ3v) is 6.11. The van der Waals surface area contributed by atoms with Crippen LogP contribution in [0.1, 0.15) is 24.5 Å². The van der Waals surface area contributed by atoms with Crippen LogP contribution in [0.5, 0.6) is 0 Å². The third kappa shape index (κ3) is 6.99. The molecule has 0 aromatic heterocycles. The molecule has 1 saturated heterocycles. The SMILES string of the molecule is CCNC(=NCCN1CCCS1(=O)=O)NCCc1ccc(F)cc1C.I. The van der Waals surface area contributed by atoms with E-state index in [-0.39, 0.29) is 35.5 Å². The standard InChI is InChI=1S/C17H27FN4O2S.HI/c1-3-19-17(21-9-11-22-10-4-12-25(22,23)24)20-8-7-15-5-6-16(18)13-14(15)2;/h5-6,13H,3-4,7-12H2,1-2H3,(H2,19,20,21);1H. The number of hydrogen-bond acceptors (Lipinski definition) is 3. The maximum atomic E-state index is 13.1. The van der Waals surface area contributed by atoms with Gasteiger partial charge in [0.25, 0.3) is 0 Å². The second kappa shape index (κ2) is 11.0. The highest BCUT2D eigenvalue weighted by Crippen LogP contribution is 2.12. The number of halogens is 2. The number of nitrogens with one attached hydrogen (secondary N) is 2. The molecular weight excluding hydrogens is 470 g/mol. The molecule has 0 saturated carbocycles. The van der Waals surface area contributed by atoms with Crippen LogP contribution in [0, 0.1) is 12.7 Å². The van der Waals surface area contributed by atoms with Crippen LogP contribution in [0.25, 0.3) is 0 Å². The topological polar surface area (TPSA) is 73.8 Å². The number of sulfonamides is 1. The Bertz CT molecular complexity index is 713. The lowest BCUT2D eigenvalue weighted by atomic mass is 10.1. The van der Waals surface area contributed by atoms with E-state index in [0.29, 0.717) is 38.6 Å². The molecule has 1 aliphatic rings. The summed E-state index contributed by atoms with van der Waals surface area (Å²) in [7, 11) is -3.07. The van der Waals surface area contributed by atoms with E-state index in [9.17, 15) is 12.8 Å². The van der Waals surface area contributed by atoms with Crippen LogP contribution in [0.3, 0.4) is 0 Å². The molecule has 0 amide bonds. The molecule has 2 N–H and O–H groups in total. The minimum atomic E-state index is -3.07. The fourth-order valence-corrected chi connectivity index (χ4v) is 4.33. The van der Waals surface area contributed by atoms with Crippen molar-refractivity contribution in [1.82, 2.24) is 14.9 Å². The van der Waals surface area contributed by atoms with Crippen molar-refractivity contribution in [3.8, 4) is 0 Å². The number of hydrogen-bond donors (Lipinski definition) is 2. The molecule has 1 fully saturated rings. The van der Waals surface area contributed by atoms with Crippen molar-refractivity contribution in [2.45, 2.75) is 26.7 Å². The van der Waals surface area contributed by atoms with E-state index in [1.54, 1.807) is 6.07 Å². The third-order valence-electron chi connectivity index (χ3n) is 4.16. The molecule has 26 heavy (non-hydrogen) atoms. The summed E-state index contributed by atoms with van der Waals surface area (Å²) in [6.07, 6.45) is 1.46. The molecule has 1 aliphatic heterocycles. The van der Waals surface area contributed by atoms with E-state index in [2.05, 4.69) is 15.6 Å². The quantitative estimate of drug-likeness (QED) is 0.342. The van der Waals surface area contributed by atoms with Crippen molar-refractivity contribution in [3.05, 3.63) is 35.1 Å². The van der Waals surface area contributed by atoms with E-state index in [1.165, 1.54) is 16.4 Å². The Morgan fingerprint density at radius 3 is 2.73 bits per heavy atom. The van der Waals surface area contributed by atoms with Gasteiger partial charge in [-0.3, -0.25) is 4.99 Å². The maximum Gasteiger partial charge on any atom is 0.214 e. The van der Waals surface area contributed by atoms with E-state index in [4.69, 9.17) is 0 Å². The minimum Gasteiger partial charge on any atom is -0.357 e. The van der Waals surface area contributed by atoms with Gasteiger partial charge in [-0.15, -0.1) is 24.0 Å². The first-order chi connectivity index (χ1) is 11.9. The van der Waals surface area contributed by atoms with Gasteiger partial charge in [0.1, 0.15) is 5.82 Å². The van der Waals surface area contributed by atoms with Crippen LogP contribution in [0.4, 0.5) is 4.39 Å². The van der Waals surface area contributed by atoms with Gasteiger partial charge in [-0.25, -0.2) is 17.1 Å². The van der Waals surface area contributed by atoms with Crippen molar-refractivity contribution < 1.29 is 12.8 Å². The highest BCUT2D eigenvalue weighted by atomic mass is 127. The Morgan fingerprint density at radius 2 is 2.12 bits per heavy atom. The van der Waals surface area contributed by atoms with Gasteiger partial charge in [0.2, 0.25) is 10.0 Å². The molecule has 0 aliphatic carbocycles. The molecule has 0 unspecified atom stereocenters. The molecular formula is C17H28FIN4O2S. The highest BCUT2D eigenvalue weighted by Gasteiger charge is 2.27. The molecule has 1 aromatic carbocycles. The summed E-state index contributed by atoms with van der Waals surface area (Å²) < 4.78 is 38.2. The Balaban J connectivity index is 0.00000338. The lowest BCUT2D eigenvalue weighted by Crippen LogP contribution is -2.39. The van der Waals surface area contributed by atoms with Gasteiger partial charge < -0.3 is 10.6 Å². The number of guanidine groups is 1. The van der Waals surface area contributed by atoms with Crippen LogP contribution in [0.2, 0.25) is 0 Å². The second-order valence-electron chi connectivity index (χ2n) is 6.08. The van der Waals surface area contributed by atoms with E-state index in [0.717, 1.165) is 24.1 Å². The van der Waals surface area contributed by atoms with Crippen LogP contribution in [-0.4, -0.2) is 57.2 Å². The summed E-state index contributed by atoms with van der Waals surface area (Å²) in [5.74, 6) is 0.686. The Hall–Kier alpha value is -0.940. The normalized spacial score (nSPS) is 17.0. The lowest BCUT2D eigenvalue weighted by molar-refractivity contribution is 0.452. The lowest BCUT2D eigenvalue weighted by Gasteiger charge is -2.15. The molecule has 1 heterocycles. The van der Waals surface area contributed by atoms with Crippen LogP contribution >= 0.6 is 24.0 Å². The minimum absolute atomic E-state index is 0. The van der Waals surface area contributed by atoms with Gasteiger partial charge in [-0.2, -0.15) is 0 Å². The first-order valence-electron chi connectivity index (χ1n) is 8.67. The van der Waals surface area contributed by atoms with Gasteiger partial charge in [0.15, 0.2) is 5.96 Å². The summed E-state index contributed by atoms with van der Waals surface area (Å²) >= 11 is 0. The van der Waals surface area contributed by atoms with Crippen molar-refractivity contribution in [3.63, 3.8) is 0 Å². The molecule has 1 aromatic rings. The van der Waals surface area contributed by atoms with Crippen molar-refractivity contribution in [1.29, 1.82) is 0 Å². The van der Waals surface area contributed by atoms with Gasteiger partial charge >= 0.3 is 0 Å². The van der Waals surface area contributed by atoms with Gasteiger partial charge in [0, 0.05) is 26.2 Å².